The van der Waals surface area contributed by atoms with Gasteiger partial charge in [0.15, 0.2) is 0 Å². The highest BCUT2D eigenvalue weighted by Gasteiger charge is 2.35. The van der Waals surface area contributed by atoms with E-state index in [0.29, 0.717) is 27.6 Å². The van der Waals surface area contributed by atoms with E-state index in [-0.39, 0.29) is 22.9 Å². The number of hydrogen-bond acceptors (Lipinski definition) is 8. The largest absolute Gasteiger partial charge is 0.494 e. The maximum atomic E-state index is 13.0. The van der Waals surface area contributed by atoms with Crippen molar-refractivity contribution in [2.24, 2.45) is 5.92 Å². The van der Waals surface area contributed by atoms with E-state index in [1.165, 1.54) is 30.8 Å². The highest BCUT2D eigenvalue weighted by molar-refractivity contribution is 7.15. The zero-order chi connectivity index (χ0) is 21.3. The molecule has 0 spiro atoms. The Bertz CT molecular complexity index is 1160. The fourth-order valence-corrected chi connectivity index (χ4v) is 4.40. The molecule has 0 unspecified atom stereocenters. The molecule has 0 aliphatic heterocycles. The van der Waals surface area contributed by atoms with Gasteiger partial charge in [0.2, 0.25) is 5.13 Å². The Hall–Kier alpha value is -3.09. The maximum Gasteiger partial charge on any atom is 0.259 e. The summed E-state index contributed by atoms with van der Waals surface area (Å²) in [5, 5.41) is 21.6. The van der Waals surface area contributed by atoms with E-state index >= 15 is 0 Å². The average molecular weight is 441 g/mol. The number of pyridine rings is 2. The van der Waals surface area contributed by atoms with E-state index in [1.807, 2.05) is 6.92 Å². The van der Waals surface area contributed by atoms with Gasteiger partial charge >= 0.3 is 0 Å². The third kappa shape index (κ3) is 3.84. The summed E-state index contributed by atoms with van der Waals surface area (Å²) < 4.78 is 5.40. The van der Waals surface area contributed by atoms with E-state index < -0.39 is 0 Å². The quantitative estimate of drug-likeness (QED) is 0.590. The zero-order valence-electron chi connectivity index (χ0n) is 16.2. The predicted molar refractivity (Wildman–Crippen MR) is 113 cm³/mol. The van der Waals surface area contributed by atoms with Gasteiger partial charge in [0.1, 0.15) is 15.9 Å². The van der Waals surface area contributed by atoms with Gasteiger partial charge in [-0.05, 0) is 31.9 Å². The second kappa shape index (κ2) is 8.34. The molecule has 10 heteroatoms. The Morgan fingerprint density at radius 2 is 2.10 bits per heavy atom. The minimum Gasteiger partial charge on any atom is -0.494 e. The summed E-state index contributed by atoms with van der Waals surface area (Å²) in [6.07, 6.45) is 4.80. The van der Waals surface area contributed by atoms with Crippen molar-refractivity contribution in [3.05, 3.63) is 45.9 Å². The summed E-state index contributed by atoms with van der Waals surface area (Å²) in [5.74, 6) is 0.182. The van der Waals surface area contributed by atoms with Gasteiger partial charge in [0.05, 0.1) is 30.9 Å². The monoisotopic (exact) mass is 440 g/mol. The van der Waals surface area contributed by atoms with Crippen LogP contribution < -0.4 is 10.1 Å². The van der Waals surface area contributed by atoms with Crippen LogP contribution >= 0.6 is 22.9 Å². The van der Waals surface area contributed by atoms with E-state index in [4.69, 9.17) is 21.6 Å². The SMILES string of the molecule is COc1cnc(Cl)cc1-c1cc(C)ncc1C(=O)Nc1nnc([C@@H]2CC[C@@H]2C#N)s1. The van der Waals surface area contributed by atoms with Gasteiger partial charge < -0.3 is 4.74 Å². The van der Waals surface area contributed by atoms with Crippen molar-refractivity contribution < 1.29 is 9.53 Å². The number of aromatic nitrogens is 4. The molecule has 3 aromatic rings. The third-order valence-corrected chi connectivity index (χ3v) is 6.23. The second-order valence-corrected chi connectivity index (χ2v) is 8.29. The lowest BCUT2D eigenvalue weighted by Crippen LogP contribution is -2.21. The molecule has 1 fully saturated rings. The number of carbonyl (C=O) groups excluding carboxylic acids is 1. The number of anilines is 1. The Balaban J connectivity index is 1.64. The zero-order valence-corrected chi connectivity index (χ0v) is 17.8. The first-order chi connectivity index (χ1) is 14.5. The lowest BCUT2D eigenvalue weighted by atomic mass is 9.75. The van der Waals surface area contributed by atoms with Crippen LogP contribution in [0.5, 0.6) is 5.75 Å². The van der Waals surface area contributed by atoms with E-state index in [1.54, 1.807) is 12.1 Å². The van der Waals surface area contributed by atoms with Crippen molar-refractivity contribution in [3.63, 3.8) is 0 Å². The van der Waals surface area contributed by atoms with Crippen LogP contribution in [0.2, 0.25) is 5.15 Å². The molecule has 152 valence electrons. The molecule has 0 saturated heterocycles. The molecular formula is C20H17ClN6O2S. The summed E-state index contributed by atoms with van der Waals surface area (Å²) in [6.45, 7) is 1.84. The number of halogens is 1. The molecule has 1 saturated carbocycles. The van der Waals surface area contributed by atoms with Gasteiger partial charge in [0.25, 0.3) is 5.91 Å². The normalized spacial score (nSPS) is 17.7. The summed E-state index contributed by atoms with van der Waals surface area (Å²) in [6, 6.07) is 5.73. The lowest BCUT2D eigenvalue weighted by molar-refractivity contribution is 0.102. The standard InChI is InChI=1S/C20H17ClN6O2S/c1-10-5-13(14-6-17(21)24-9-16(14)29-2)15(8-23-10)18(28)25-20-27-26-19(30-20)12-4-3-11(12)7-22/h5-6,8-9,11-12H,3-4H2,1-2H3,(H,25,27,28)/t11-,12-/m1/s1. The van der Waals surface area contributed by atoms with Crippen LogP contribution in [0.15, 0.2) is 24.5 Å². The number of ether oxygens (including phenoxy) is 1. The van der Waals surface area contributed by atoms with Crippen LogP contribution in [0, 0.1) is 24.2 Å². The topological polar surface area (TPSA) is 114 Å². The minimum absolute atomic E-state index is 0.0293. The van der Waals surface area contributed by atoms with E-state index in [2.05, 4.69) is 31.6 Å². The molecule has 30 heavy (non-hydrogen) atoms. The molecule has 3 aromatic heterocycles. The lowest BCUT2D eigenvalue weighted by Gasteiger charge is -2.28. The Morgan fingerprint density at radius 3 is 2.80 bits per heavy atom. The van der Waals surface area contributed by atoms with Crippen molar-refractivity contribution in [3.8, 4) is 22.9 Å². The van der Waals surface area contributed by atoms with Gasteiger partial charge in [0, 0.05) is 28.9 Å². The van der Waals surface area contributed by atoms with Crippen LogP contribution in [-0.2, 0) is 0 Å². The summed E-state index contributed by atoms with van der Waals surface area (Å²) in [4.78, 5) is 21.3. The van der Waals surface area contributed by atoms with Gasteiger partial charge in [-0.1, -0.05) is 22.9 Å². The number of amides is 1. The number of carbonyl (C=O) groups is 1. The Labute approximate surface area is 181 Å². The fraction of sp³-hybridized carbons (Fsp3) is 0.300. The third-order valence-electron chi connectivity index (χ3n) is 5.05. The Kier molecular flexibility index (Phi) is 5.61. The van der Waals surface area contributed by atoms with Crippen LogP contribution in [-0.4, -0.2) is 33.2 Å². The van der Waals surface area contributed by atoms with Gasteiger partial charge in [-0.2, -0.15) is 5.26 Å². The number of methoxy groups -OCH3 is 1. The highest BCUT2D eigenvalue weighted by Crippen LogP contribution is 2.43. The average Bonchev–Trinajstić information content (AvgIpc) is 3.14. The molecule has 8 nitrogen and oxygen atoms in total. The number of hydrogen-bond donors (Lipinski definition) is 1. The van der Waals surface area contributed by atoms with Crippen molar-refractivity contribution in [2.45, 2.75) is 25.7 Å². The summed E-state index contributed by atoms with van der Waals surface area (Å²) in [7, 11) is 1.53. The first-order valence-corrected chi connectivity index (χ1v) is 10.4. The van der Waals surface area contributed by atoms with Crippen LogP contribution in [0.3, 0.4) is 0 Å². The van der Waals surface area contributed by atoms with Crippen molar-refractivity contribution in [2.75, 3.05) is 12.4 Å². The minimum atomic E-state index is -0.374. The number of nitriles is 1. The molecule has 1 aliphatic rings. The fourth-order valence-electron chi connectivity index (χ4n) is 3.30. The molecule has 0 aromatic carbocycles. The van der Waals surface area contributed by atoms with E-state index in [9.17, 15) is 4.79 Å². The van der Waals surface area contributed by atoms with Gasteiger partial charge in [-0.25, -0.2) is 4.98 Å². The molecule has 1 amide bonds. The van der Waals surface area contributed by atoms with Crippen molar-refractivity contribution in [1.29, 1.82) is 5.26 Å². The molecule has 4 rings (SSSR count). The predicted octanol–water partition coefficient (Wildman–Crippen LogP) is 4.24. The summed E-state index contributed by atoms with van der Waals surface area (Å²) >= 11 is 7.37. The molecule has 0 radical (unpaired) electrons. The number of aryl methyl sites for hydroxylation is 1. The molecule has 1 N–H and O–H groups in total. The van der Waals surface area contributed by atoms with Crippen molar-refractivity contribution in [1.82, 2.24) is 20.2 Å². The Morgan fingerprint density at radius 1 is 1.27 bits per heavy atom. The molecular weight excluding hydrogens is 424 g/mol. The molecule has 2 atom stereocenters. The van der Waals surface area contributed by atoms with Gasteiger partial charge in [-0.15, -0.1) is 10.2 Å². The summed E-state index contributed by atoms with van der Waals surface area (Å²) in [5.41, 5.74) is 2.34. The molecule has 3 heterocycles. The first-order valence-electron chi connectivity index (χ1n) is 9.21. The highest BCUT2D eigenvalue weighted by atomic mass is 35.5. The van der Waals surface area contributed by atoms with Crippen LogP contribution in [0.4, 0.5) is 5.13 Å². The van der Waals surface area contributed by atoms with Gasteiger partial charge in [-0.3, -0.25) is 15.1 Å². The number of nitrogens with one attached hydrogen (secondary N) is 1. The van der Waals surface area contributed by atoms with Crippen LogP contribution in [0.1, 0.15) is 39.8 Å². The smallest absolute Gasteiger partial charge is 0.259 e. The maximum absolute atomic E-state index is 13.0. The van der Waals surface area contributed by atoms with Crippen LogP contribution in [0.25, 0.3) is 11.1 Å². The number of rotatable bonds is 5. The molecule has 1 aliphatic carbocycles. The number of nitrogens with zero attached hydrogens (tertiary/aromatic N) is 5. The first kappa shape index (κ1) is 20.2. The van der Waals surface area contributed by atoms with E-state index in [0.717, 1.165) is 23.5 Å². The van der Waals surface area contributed by atoms with Crippen molar-refractivity contribution >= 4 is 34.0 Å². The second-order valence-electron chi connectivity index (χ2n) is 6.90. The molecule has 0 bridgehead atoms.